The predicted molar refractivity (Wildman–Crippen MR) is 108 cm³/mol. The highest BCUT2D eigenvalue weighted by Gasteiger charge is 2.60. The van der Waals surface area contributed by atoms with E-state index in [9.17, 15) is 14.7 Å². The molecule has 3 aliphatic heterocycles. The van der Waals surface area contributed by atoms with Crippen LogP contribution in [0.25, 0.3) is 0 Å². The Morgan fingerprint density at radius 3 is 2.54 bits per heavy atom. The van der Waals surface area contributed by atoms with Crippen molar-refractivity contribution in [3.8, 4) is 0 Å². The lowest BCUT2D eigenvalue weighted by Crippen LogP contribution is -2.52. The maximum Gasteiger partial charge on any atom is 0.311 e. The minimum absolute atomic E-state index is 0.113. The molecule has 152 valence electrons. The van der Waals surface area contributed by atoms with E-state index in [4.69, 9.17) is 0 Å². The fourth-order valence-electron chi connectivity index (χ4n) is 5.58. The van der Waals surface area contributed by atoms with Gasteiger partial charge in [-0.05, 0) is 50.3 Å². The van der Waals surface area contributed by atoms with Crippen LogP contribution in [0, 0.1) is 12.3 Å². The minimum Gasteiger partial charge on any atom is -0.481 e. The SMILES string of the molecule is CC[C@@]1(C(=O)O)C[C@@H]2CC[C@H]1N2C(=O)CN1CCN(c2cccc(C)c2)CC1. The number of benzene rings is 1. The molecule has 0 aromatic heterocycles. The largest absolute Gasteiger partial charge is 0.481 e. The fraction of sp³-hybridized carbons (Fsp3) is 0.636. The van der Waals surface area contributed by atoms with E-state index in [-0.39, 0.29) is 18.0 Å². The Hall–Kier alpha value is -2.08. The fourth-order valence-corrected chi connectivity index (χ4v) is 5.58. The topological polar surface area (TPSA) is 64.1 Å². The average molecular weight is 386 g/mol. The first-order valence-electron chi connectivity index (χ1n) is 10.5. The molecular weight excluding hydrogens is 354 g/mol. The number of hydrogen-bond acceptors (Lipinski definition) is 4. The second-order valence-corrected chi connectivity index (χ2v) is 8.67. The Bertz CT molecular complexity index is 759. The van der Waals surface area contributed by atoms with Gasteiger partial charge in [0.05, 0.1) is 12.0 Å². The van der Waals surface area contributed by atoms with Crippen LogP contribution in [0.4, 0.5) is 5.69 Å². The quantitative estimate of drug-likeness (QED) is 0.843. The molecule has 6 heteroatoms. The van der Waals surface area contributed by atoms with Crippen LogP contribution >= 0.6 is 0 Å². The number of carbonyl (C=O) groups is 2. The maximum absolute atomic E-state index is 13.1. The van der Waals surface area contributed by atoms with Crippen molar-refractivity contribution in [2.45, 2.75) is 51.6 Å². The summed E-state index contributed by atoms with van der Waals surface area (Å²) in [5, 5.41) is 9.81. The highest BCUT2D eigenvalue weighted by atomic mass is 16.4. The molecule has 2 bridgehead atoms. The smallest absolute Gasteiger partial charge is 0.311 e. The molecule has 3 fully saturated rings. The molecule has 3 heterocycles. The van der Waals surface area contributed by atoms with Gasteiger partial charge in [-0.2, -0.15) is 0 Å². The summed E-state index contributed by atoms with van der Waals surface area (Å²) < 4.78 is 0. The van der Waals surface area contributed by atoms with E-state index in [1.54, 1.807) is 0 Å². The van der Waals surface area contributed by atoms with Crippen molar-refractivity contribution in [1.82, 2.24) is 9.80 Å². The van der Waals surface area contributed by atoms with E-state index >= 15 is 0 Å². The monoisotopic (exact) mass is 385 g/mol. The molecule has 1 aromatic rings. The van der Waals surface area contributed by atoms with E-state index in [0.29, 0.717) is 19.4 Å². The minimum atomic E-state index is -0.734. The van der Waals surface area contributed by atoms with Gasteiger partial charge < -0.3 is 14.9 Å². The van der Waals surface area contributed by atoms with Crippen LogP contribution in [0.1, 0.15) is 38.2 Å². The summed E-state index contributed by atoms with van der Waals surface area (Å²) >= 11 is 0. The summed E-state index contributed by atoms with van der Waals surface area (Å²) in [4.78, 5) is 31.6. The van der Waals surface area contributed by atoms with Crippen molar-refractivity contribution >= 4 is 17.6 Å². The van der Waals surface area contributed by atoms with Gasteiger partial charge in [0.15, 0.2) is 0 Å². The summed E-state index contributed by atoms with van der Waals surface area (Å²) in [7, 11) is 0. The zero-order valence-electron chi connectivity index (χ0n) is 16.9. The number of aliphatic carboxylic acids is 1. The second-order valence-electron chi connectivity index (χ2n) is 8.67. The number of rotatable bonds is 5. The summed E-state index contributed by atoms with van der Waals surface area (Å²) in [5.41, 5.74) is 1.78. The van der Waals surface area contributed by atoms with Gasteiger partial charge in [-0.15, -0.1) is 0 Å². The summed E-state index contributed by atoms with van der Waals surface area (Å²) in [6.45, 7) is 8.02. The van der Waals surface area contributed by atoms with Crippen molar-refractivity contribution in [2.75, 3.05) is 37.6 Å². The highest BCUT2D eigenvalue weighted by Crippen LogP contribution is 2.51. The van der Waals surface area contributed by atoms with Gasteiger partial charge in [0.25, 0.3) is 0 Å². The number of carboxylic acid groups (broad SMARTS) is 1. The third-order valence-corrected chi connectivity index (χ3v) is 7.18. The van der Waals surface area contributed by atoms with E-state index in [0.717, 1.165) is 39.0 Å². The summed E-state index contributed by atoms with van der Waals surface area (Å²) in [6.07, 6.45) is 3.00. The Morgan fingerprint density at radius 2 is 1.93 bits per heavy atom. The zero-order valence-corrected chi connectivity index (χ0v) is 16.9. The molecule has 0 radical (unpaired) electrons. The van der Waals surface area contributed by atoms with E-state index in [1.165, 1.54) is 11.3 Å². The van der Waals surface area contributed by atoms with Gasteiger partial charge in [0.1, 0.15) is 0 Å². The van der Waals surface area contributed by atoms with E-state index < -0.39 is 11.4 Å². The molecule has 1 amide bonds. The number of carbonyl (C=O) groups excluding carboxylic acids is 1. The molecule has 6 nitrogen and oxygen atoms in total. The molecule has 1 N–H and O–H groups in total. The molecule has 28 heavy (non-hydrogen) atoms. The van der Waals surface area contributed by atoms with Gasteiger partial charge in [0.2, 0.25) is 5.91 Å². The Labute approximate surface area is 167 Å². The van der Waals surface area contributed by atoms with Crippen molar-refractivity contribution in [2.24, 2.45) is 5.41 Å². The second kappa shape index (κ2) is 7.39. The lowest BCUT2D eigenvalue weighted by molar-refractivity contribution is -0.152. The van der Waals surface area contributed by atoms with Crippen molar-refractivity contribution in [3.63, 3.8) is 0 Å². The first-order valence-corrected chi connectivity index (χ1v) is 10.5. The number of nitrogens with zero attached hydrogens (tertiary/aromatic N) is 3. The molecule has 3 atom stereocenters. The number of amides is 1. The normalized spacial score (nSPS) is 30.1. The number of aryl methyl sites for hydroxylation is 1. The molecule has 0 saturated carbocycles. The molecule has 3 aliphatic rings. The molecule has 0 spiro atoms. The lowest BCUT2D eigenvalue weighted by atomic mass is 9.72. The van der Waals surface area contributed by atoms with Gasteiger partial charge in [-0.25, -0.2) is 0 Å². The van der Waals surface area contributed by atoms with Crippen LogP contribution < -0.4 is 4.90 Å². The molecule has 0 aliphatic carbocycles. The standard InChI is InChI=1S/C22H31N3O3/c1-3-22(21(27)28)14-18-7-8-19(22)25(18)20(26)15-23-9-11-24(12-10-23)17-6-4-5-16(2)13-17/h4-6,13,18-19H,3,7-12,14-15H2,1-2H3,(H,27,28)/t18-,19+,22+/m0/s1. The van der Waals surface area contributed by atoms with E-state index in [1.807, 2.05) is 11.8 Å². The molecule has 0 unspecified atom stereocenters. The Morgan fingerprint density at radius 1 is 1.18 bits per heavy atom. The highest BCUT2D eigenvalue weighted by molar-refractivity contribution is 5.84. The molecule has 1 aromatic carbocycles. The Balaban J connectivity index is 1.36. The first-order chi connectivity index (χ1) is 13.4. The van der Waals surface area contributed by atoms with Crippen LogP contribution in [0.3, 0.4) is 0 Å². The van der Waals surface area contributed by atoms with Crippen molar-refractivity contribution in [1.29, 1.82) is 0 Å². The molecule has 3 saturated heterocycles. The van der Waals surface area contributed by atoms with Crippen LogP contribution in [0.15, 0.2) is 24.3 Å². The first kappa shape index (κ1) is 19.2. The van der Waals surface area contributed by atoms with Crippen LogP contribution in [0.2, 0.25) is 0 Å². The third-order valence-electron chi connectivity index (χ3n) is 7.18. The maximum atomic E-state index is 13.1. The number of anilines is 1. The van der Waals surface area contributed by atoms with Crippen molar-refractivity contribution in [3.05, 3.63) is 29.8 Å². The van der Waals surface area contributed by atoms with Crippen molar-refractivity contribution < 1.29 is 14.7 Å². The van der Waals surface area contributed by atoms with Gasteiger partial charge in [-0.1, -0.05) is 19.1 Å². The lowest BCUT2D eigenvalue weighted by Gasteiger charge is -2.37. The summed E-state index contributed by atoms with van der Waals surface area (Å²) in [5.74, 6) is -0.611. The van der Waals surface area contributed by atoms with Gasteiger partial charge in [-0.3, -0.25) is 14.5 Å². The summed E-state index contributed by atoms with van der Waals surface area (Å²) in [6, 6.07) is 8.54. The predicted octanol–water partition coefficient (Wildman–Crippen LogP) is 2.36. The van der Waals surface area contributed by atoms with Crippen LogP contribution in [-0.2, 0) is 9.59 Å². The molecule has 4 rings (SSSR count). The average Bonchev–Trinajstić information content (AvgIpc) is 3.25. The number of piperazine rings is 1. The Kier molecular flexibility index (Phi) is 5.08. The zero-order chi connectivity index (χ0) is 19.9. The number of hydrogen-bond donors (Lipinski definition) is 1. The van der Waals surface area contributed by atoms with Gasteiger partial charge in [0, 0.05) is 44.0 Å². The van der Waals surface area contributed by atoms with Crippen LogP contribution in [0.5, 0.6) is 0 Å². The number of carboxylic acids is 1. The third kappa shape index (κ3) is 3.17. The number of fused-ring (bicyclic) bond motifs is 2. The van der Waals surface area contributed by atoms with Gasteiger partial charge >= 0.3 is 5.97 Å². The van der Waals surface area contributed by atoms with E-state index in [2.05, 4.69) is 41.0 Å². The molecular formula is C22H31N3O3. The van der Waals surface area contributed by atoms with Crippen LogP contribution in [-0.4, -0.2) is 71.6 Å².